The standard InChI is InChI=1S/C17H32N2O2/c1-12(2)9-18(10-13(3)4)17(21)11-19-14-5-6-15(19)8-16(20)7-14/h12-16,20H,5-11H2,1-4H3. The minimum Gasteiger partial charge on any atom is -0.393 e. The number of nitrogens with zero attached hydrogens (tertiary/aromatic N) is 2. The summed E-state index contributed by atoms with van der Waals surface area (Å²) in [6, 6.07) is 0.838. The van der Waals surface area contributed by atoms with E-state index in [4.69, 9.17) is 0 Å². The van der Waals surface area contributed by atoms with Gasteiger partial charge < -0.3 is 10.0 Å². The molecule has 2 rings (SSSR count). The molecule has 0 aromatic carbocycles. The third-order valence-electron chi connectivity index (χ3n) is 4.70. The molecule has 2 bridgehead atoms. The van der Waals surface area contributed by atoms with Crippen LogP contribution in [-0.2, 0) is 4.79 Å². The summed E-state index contributed by atoms with van der Waals surface area (Å²) in [5.74, 6) is 1.28. The van der Waals surface area contributed by atoms with E-state index >= 15 is 0 Å². The van der Waals surface area contributed by atoms with Gasteiger partial charge in [0, 0.05) is 25.2 Å². The molecule has 4 nitrogen and oxygen atoms in total. The highest BCUT2D eigenvalue weighted by atomic mass is 16.3. The number of aliphatic hydroxyl groups is 1. The number of aliphatic hydroxyl groups excluding tert-OH is 1. The van der Waals surface area contributed by atoms with Crippen molar-refractivity contribution in [1.82, 2.24) is 9.80 Å². The number of fused-ring (bicyclic) bond motifs is 2. The fraction of sp³-hybridized carbons (Fsp3) is 0.941. The first-order valence-corrected chi connectivity index (χ1v) is 8.58. The summed E-state index contributed by atoms with van der Waals surface area (Å²) in [5.41, 5.74) is 0. The van der Waals surface area contributed by atoms with Crippen LogP contribution in [0.2, 0.25) is 0 Å². The lowest BCUT2D eigenvalue weighted by Gasteiger charge is -2.38. The summed E-state index contributed by atoms with van der Waals surface area (Å²) in [7, 11) is 0. The van der Waals surface area contributed by atoms with Gasteiger partial charge in [-0.25, -0.2) is 0 Å². The van der Waals surface area contributed by atoms with Crippen molar-refractivity contribution in [3.63, 3.8) is 0 Å². The molecule has 0 radical (unpaired) electrons. The Balaban J connectivity index is 1.95. The zero-order valence-corrected chi connectivity index (χ0v) is 14.1. The predicted octanol–water partition coefficient (Wildman–Crippen LogP) is 2.11. The highest BCUT2D eigenvalue weighted by molar-refractivity contribution is 5.78. The van der Waals surface area contributed by atoms with E-state index < -0.39 is 0 Å². The van der Waals surface area contributed by atoms with Crippen LogP contribution in [-0.4, -0.2) is 58.6 Å². The Kier molecular flexibility index (Phi) is 5.67. The van der Waals surface area contributed by atoms with Crippen LogP contribution in [0.5, 0.6) is 0 Å². The monoisotopic (exact) mass is 296 g/mol. The molecule has 0 aromatic rings. The van der Waals surface area contributed by atoms with E-state index in [1.54, 1.807) is 0 Å². The van der Waals surface area contributed by atoms with Gasteiger partial charge in [-0.2, -0.15) is 0 Å². The molecule has 1 amide bonds. The van der Waals surface area contributed by atoms with Gasteiger partial charge in [0.15, 0.2) is 0 Å². The van der Waals surface area contributed by atoms with Crippen molar-refractivity contribution in [2.24, 2.45) is 11.8 Å². The molecule has 2 aliphatic rings. The van der Waals surface area contributed by atoms with Crippen molar-refractivity contribution in [2.45, 2.75) is 71.6 Å². The van der Waals surface area contributed by atoms with Crippen LogP contribution in [0.3, 0.4) is 0 Å². The first-order chi connectivity index (χ1) is 9.86. The molecule has 0 saturated carbocycles. The number of rotatable bonds is 6. The average Bonchev–Trinajstić information content (AvgIpc) is 2.59. The molecule has 1 N–H and O–H groups in total. The van der Waals surface area contributed by atoms with E-state index in [2.05, 4.69) is 32.6 Å². The Morgan fingerprint density at radius 1 is 1.10 bits per heavy atom. The van der Waals surface area contributed by atoms with E-state index in [1.165, 1.54) is 0 Å². The Morgan fingerprint density at radius 3 is 2.00 bits per heavy atom. The molecule has 4 heteroatoms. The molecule has 2 atom stereocenters. The molecule has 0 aliphatic carbocycles. The van der Waals surface area contributed by atoms with E-state index in [-0.39, 0.29) is 12.0 Å². The van der Waals surface area contributed by atoms with Gasteiger partial charge in [-0.1, -0.05) is 27.7 Å². The van der Waals surface area contributed by atoms with Gasteiger partial charge in [0.1, 0.15) is 0 Å². The zero-order valence-electron chi connectivity index (χ0n) is 14.1. The van der Waals surface area contributed by atoms with Gasteiger partial charge in [-0.15, -0.1) is 0 Å². The van der Waals surface area contributed by atoms with Crippen molar-refractivity contribution in [3.05, 3.63) is 0 Å². The number of piperidine rings is 1. The summed E-state index contributed by atoms with van der Waals surface area (Å²) < 4.78 is 0. The quantitative estimate of drug-likeness (QED) is 0.816. The Bertz CT molecular complexity index is 333. The Morgan fingerprint density at radius 2 is 1.57 bits per heavy atom. The second kappa shape index (κ2) is 7.10. The van der Waals surface area contributed by atoms with Gasteiger partial charge in [0.25, 0.3) is 0 Å². The number of hydrogen-bond acceptors (Lipinski definition) is 3. The van der Waals surface area contributed by atoms with Crippen LogP contribution in [0.4, 0.5) is 0 Å². The topological polar surface area (TPSA) is 43.8 Å². The lowest BCUT2D eigenvalue weighted by atomic mass is 10.00. The van der Waals surface area contributed by atoms with Gasteiger partial charge in [-0.3, -0.25) is 9.69 Å². The summed E-state index contributed by atoms with van der Waals surface area (Å²) >= 11 is 0. The molecule has 2 unspecified atom stereocenters. The molecule has 122 valence electrons. The summed E-state index contributed by atoms with van der Waals surface area (Å²) in [6.45, 7) is 10.9. The van der Waals surface area contributed by atoms with Crippen LogP contribution >= 0.6 is 0 Å². The molecule has 2 aliphatic heterocycles. The maximum absolute atomic E-state index is 12.7. The fourth-order valence-electron chi connectivity index (χ4n) is 3.92. The molecule has 2 heterocycles. The minimum atomic E-state index is -0.156. The van der Waals surface area contributed by atoms with E-state index in [1.807, 2.05) is 4.90 Å². The predicted molar refractivity (Wildman–Crippen MR) is 85.0 cm³/mol. The van der Waals surface area contributed by atoms with E-state index in [9.17, 15) is 9.90 Å². The summed E-state index contributed by atoms with van der Waals surface area (Å²) in [4.78, 5) is 17.1. The molecule has 2 saturated heterocycles. The van der Waals surface area contributed by atoms with Crippen molar-refractivity contribution in [3.8, 4) is 0 Å². The Hall–Kier alpha value is -0.610. The van der Waals surface area contributed by atoms with Crippen LogP contribution in [0.15, 0.2) is 0 Å². The van der Waals surface area contributed by atoms with E-state index in [0.717, 1.165) is 38.8 Å². The number of carbonyl (C=O) groups is 1. The largest absolute Gasteiger partial charge is 0.393 e. The molecule has 0 aromatic heterocycles. The second-order valence-corrected chi connectivity index (χ2v) is 7.77. The first kappa shape index (κ1) is 16.8. The van der Waals surface area contributed by atoms with Crippen LogP contribution in [0, 0.1) is 11.8 Å². The normalized spacial score (nSPS) is 29.4. The summed E-state index contributed by atoms with van der Waals surface area (Å²) in [6.07, 6.45) is 3.82. The van der Waals surface area contributed by atoms with Crippen molar-refractivity contribution < 1.29 is 9.90 Å². The third kappa shape index (κ3) is 4.43. The Labute approximate surface area is 129 Å². The highest BCUT2D eigenvalue weighted by Crippen LogP contribution is 2.35. The van der Waals surface area contributed by atoms with Crippen LogP contribution in [0.1, 0.15) is 53.4 Å². The second-order valence-electron chi connectivity index (χ2n) is 7.77. The summed E-state index contributed by atoms with van der Waals surface area (Å²) in [5, 5.41) is 9.87. The highest BCUT2D eigenvalue weighted by Gasteiger charge is 2.41. The molecule has 2 fully saturated rings. The maximum atomic E-state index is 12.7. The fourth-order valence-corrected chi connectivity index (χ4v) is 3.92. The van der Waals surface area contributed by atoms with Gasteiger partial charge >= 0.3 is 0 Å². The molecular weight excluding hydrogens is 264 g/mol. The van der Waals surface area contributed by atoms with Crippen LogP contribution in [0.25, 0.3) is 0 Å². The molecule has 21 heavy (non-hydrogen) atoms. The zero-order chi connectivity index (χ0) is 15.6. The van der Waals surface area contributed by atoms with Crippen molar-refractivity contribution >= 4 is 5.91 Å². The number of carbonyl (C=O) groups excluding carboxylic acids is 1. The maximum Gasteiger partial charge on any atom is 0.236 e. The lowest BCUT2D eigenvalue weighted by Crippen LogP contribution is -2.50. The van der Waals surface area contributed by atoms with Gasteiger partial charge in [0.2, 0.25) is 5.91 Å². The van der Waals surface area contributed by atoms with E-state index in [0.29, 0.717) is 30.5 Å². The third-order valence-corrected chi connectivity index (χ3v) is 4.70. The van der Waals surface area contributed by atoms with Gasteiger partial charge in [0.05, 0.1) is 12.6 Å². The lowest BCUT2D eigenvalue weighted by molar-refractivity contribution is -0.135. The SMILES string of the molecule is CC(C)CN(CC(C)C)C(=O)CN1C2CCC1CC(O)C2. The molecular formula is C17H32N2O2. The molecule has 0 spiro atoms. The minimum absolute atomic E-state index is 0.156. The average molecular weight is 296 g/mol. The smallest absolute Gasteiger partial charge is 0.236 e. The number of amides is 1. The first-order valence-electron chi connectivity index (χ1n) is 8.58. The number of hydrogen-bond donors (Lipinski definition) is 1. The van der Waals surface area contributed by atoms with Crippen LogP contribution < -0.4 is 0 Å². The van der Waals surface area contributed by atoms with Gasteiger partial charge in [-0.05, 0) is 37.5 Å². The van der Waals surface area contributed by atoms with Crippen molar-refractivity contribution in [1.29, 1.82) is 0 Å². The van der Waals surface area contributed by atoms with Crippen molar-refractivity contribution in [2.75, 3.05) is 19.6 Å².